The summed E-state index contributed by atoms with van der Waals surface area (Å²) in [6.07, 6.45) is 7.29. The molecule has 0 N–H and O–H groups in total. The van der Waals surface area contributed by atoms with Crippen molar-refractivity contribution in [1.29, 1.82) is 0 Å². The highest BCUT2D eigenvalue weighted by molar-refractivity contribution is 7.09. The van der Waals surface area contributed by atoms with Crippen LogP contribution in [0.1, 0.15) is 82.3 Å². The van der Waals surface area contributed by atoms with E-state index in [1.165, 1.54) is 22.5 Å². The molecule has 2 fully saturated rings. The summed E-state index contributed by atoms with van der Waals surface area (Å²) >= 11 is 1.47. The van der Waals surface area contributed by atoms with Crippen LogP contribution in [0.5, 0.6) is 5.75 Å². The number of aryl methyl sites for hydroxylation is 1. The zero-order chi connectivity index (χ0) is 26.1. The molecule has 1 saturated carbocycles. The molecule has 2 aliphatic heterocycles. The second-order valence-electron chi connectivity index (χ2n) is 10.9. The summed E-state index contributed by atoms with van der Waals surface area (Å²) in [5.74, 6) is 1.22. The zero-order valence-corrected chi connectivity index (χ0v) is 22.8. The topological polar surface area (TPSA) is 62.7 Å². The molecule has 1 aliphatic carbocycles. The van der Waals surface area contributed by atoms with E-state index in [0.717, 1.165) is 86.5 Å². The molecule has 2 amide bonds. The number of fused-ring (bicyclic) bond motifs is 1. The highest BCUT2D eigenvalue weighted by Crippen LogP contribution is 2.40. The minimum atomic E-state index is -0.111. The molecule has 198 valence electrons. The molecule has 1 saturated heterocycles. The molecule has 1 aromatic heterocycles. The molecule has 0 radical (unpaired) electrons. The van der Waals surface area contributed by atoms with Gasteiger partial charge in [-0.15, -0.1) is 11.3 Å². The van der Waals surface area contributed by atoms with E-state index in [-0.39, 0.29) is 17.9 Å². The SMILES string of the molecule is Cc1ccc(C2c3cc(OCc4nc(C(=O)N5CCCC5)cs4)ccc3CCN2C(=O)C2CCCC2)cc1. The van der Waals surface area contributed by atoms with Crippen LogP contribution in [0.15, 0.2) is 47.8 Å². The lowest BCUT2D eigenvalue weighted by atomic mass is 9.86. The predicted molar refractivity (Wildman–Crippen MR) is 148 cm³/mol. The number of aromatic nitrogens is 1. The number of hydrogen-bond donors (Lipinski definition) is 0. The Bertz CT molecular complexity index is 1310. The van der Waals surface area contributed by atoms with Crippen molar-refractivity contribution >= 4 is 23.2 Å². The molecule has 3 aliphatic rings. The van der Waals surface area contributed by atoms with Gasteiger partial charge in [0.2, 0.25) is 5.91 Å². The van der Waals surface area contributed by atoms with E-state index in [2.05, 4.69) is 53.2 Å². The third-order valence-corrected chi connectivity index (χ3v) is 9.07. The lowest BCUT2D eigenvalue weighted by molar-refractivity contribution is -0.137. The van der Waals surface area contributed by atoms with Crippen LogP contribution in [-0.4, -0.2) is 46.2 Å². The Morgan fingerprint density at radius 2 is 1.76 bits per heavy atom. The van der Waals surface area contributed by atoms with E-state index in [1.807, 2.05) is 16.3 Å². The van der Waals surface area contributed by atoms with Gasteiger partial charge in [0.05, 0.1) is 6.04 Å². The average Bonchev–Trinajstić information content (AvgIpc) is 3.74. The first-order valence-electron chi connectivity index (χ1n) is 13.9. The highest BCUT2D eigenvalue weighted by Gasteiger charge is 2.36. The lowest BCUT2D eigenvalue weighted by Crippen LogP contribution is -2.43. The van der Waals surface area contributed by atoms with Crippen molar-refractivity contribution in [3.8, 4) is 5.75 Å². The maximum absolute atomic E-state index is 13.7. The molecule has 0 spiro atoms. The summed E-state index contributed by atoms with van der Waals surface area (Å²) in [7, 11) is 0. The van der Waals surface area contributed by atoms with E-state index < -0.39 is 0 Å². The number of amides is 2. The minimum Gasteiger partial charge on any atom is -0.486 e. The molecule has 2 aromatic carbocycles. The van der Waals surface area contributed by atoms with Gasteiger partial charge in [0, 0.05) is 30.9 Å². The summed E-state index contributed by atoms with van der Waals surface area (Å²) < 4.78 is 6.20. The van der Waals surface area contributed by atoms with Gasteiger partial charge in [-0.3, -0.25) is 9.59 Å². The van der Waals surface area contributed by atoms with Gasteiger partial charge >= 0.3 is 0 Å². The fourth-order valence-corrected chi connectivity index (χ4v) is 6.82. The summed E-state index contributed by atoms with van der Waals surface area (Å²) in [5.41, 5.74) is 5.28. The van der Waals surface area contributed by atoms with Gasteiger partial charge in [0.1, 0.15) is 23.1 Å². The molecule has 1 atom stereocenters. The Labute approximate surface area is 228 Å². The summed E-state index contributed by atoms with van der Waals surface area (Å²) in [5, 5.41) is 2.63. The zero-order valence-electron chi connectivity index (χ0n) is 22.0. The number of rotatable bonds is 6. The molecular weight excluding hydrogens is 494 g/mol. The van der Waals surface area contributed by atoms with Crippen molar-refractivity contribution < 1.29 is 14.3 Å². The number of likely N-dealkylation sites (tertiary alicyclic amines) is 1. The van der Waals surface area contributed by atoms with Crippen LogP contribution in [0.4, 0.5) is 0 Å². The number of thiazole rings is 1. The van der Waals surface area contributed by atoms with Gasteiger partial charge in [-0.25, -0.2) is 4.98 Å². The molecule has 6 rings (SSSR count). The third-order valence-electron chi connectivity index (χ3n) is 8.25. The number of hydrogen-bond acceptors (Lipinski definition) is 5. The van der Waals surface area contributed by atoms with Crippen molar-refractivity contribution in [3.05, 3.63) is 80.8 Å². The maximum Gasteiger partial charge on any atom is 0.273 e. The standard InChI is InChI=1S/C31H35N3O3S/c1-21-8-10-23(11-9-21)29-26-18-25(13-12-22(26)14-17-34(29)30(35)24-6-2-3-7-24)37-19-28-32-27(20-38-28)31(36)33-15-4-5-16-33/h8-13,18,20,24,29H,2-7,14-17,19H2,1H3. The van der Waals surface area contributed by atoms with Crippen molar-refractivity contribution in [2.75, 3.05) is 19.6 Å². The second kappa shape index (κ2) is 10.9. The Morgan fingerprint density at radius 1 is 1.00 bits per heavy atom. The van der Waals surface area contributed by atoms with Crippen LogP contribution in [0.25, 0.3) is 0 Å². The van der Waals surface area contributed by atoms with Gasteiger partial charge in [-0.05, 0) is 67.9 Å². The van der Waals surface area contributed by atoms with Crippen LogP contribution in [0, 0.1) is 12.8 Å². The van der Waals surface area contributed by atoms with Crippen LogP contribution >= 0.6 is 11.3 Å². The van der Waals surface area contributed by atoms with Crippen molar-refractivity contribution in [3.63, 3.8) is 0 Å². The van der Waals surface area contributed by atoms with E-state index in [4.69, 9.17) is 4.74 Å². The highest BCUT2D eigenvalue weighted by atomic mass is 32.1. The second-order valence-corrected chi connectivity index (χ2v) is 11.8. The Balaban J connectivity index is 1.23. The van der Waals surface area contributed by atoms with Gasteiger partial charge in [0.15, 0.2) is 0 Å². The van der Waals surface area contributed by atoms with Crippen LogP contribution in [-0.2, 0) is 17.8 Å². The van der Waals surface area contributed by atoms with Gasteiger partial charge in [0.25, 0.3) is 5.91 Å². The van der Waals surface area contributed by atoms with Gasteiger partial charge < -0.3 is 14.5 Å². The van der Waals surface area contributed by atoms with E-state index in [0.29, 0.717) is 18.2 Å². The van der Waals surface area contributed by atoms with Crippen molar-refractivity contribution in [2.45, 2.75) is 64.5 Å². The van der Waals surface area contributed by atoms with Gasteiger partial charge in [-0.1, -0.05) is 48.7 Å². The lowest BCUT2D eigenvalue weighted by Gasteiger charge is -2.39. The molecule has 38 heavy (non-hydrogen) atoms. The molecule has 1 unspecified atom stereocenters. The number of carbonyl (C=O) groups excluding carboxylic acids is 2. The Morgan fingerprint density at radius 3 is 2.53 bits per heavy atom. The minimum absolute atomic E-state index is 0.0201. The molecule has 3 aromatic rings. The van der Waals surface area contributed by atoms with Crippen LogP contribution in [0.3, 0.4) is 0 Å². The molecule has 0 bridgehead atoms. The van der Waals surface area contributed by atoms with Crippen molar-refractivity contribution in [2.24, 2.45) is 5.92 Å². The number of ether oxygens (including phenoxy) is 1. The Hall–Kier alpha value is -3.19. The fourth-order valence-electron chi connectivity index (χ4n) is 6.14. The summed E-state index contributed by atoms with van der Waals surface area (Å²) in [6.45, 7) is 4.79. The number of nitrogens with zero attached hydrogens (tertiary/aromatic N) is 3. The summed E-state index contributed by atoms with van der Waals surface area (Å²) in [6, 6.07) is 14.7. The first kappa shape index (κ1) is 25.1. The smallest absolute Gasteiger partial charge is 0.273 e. The summed E-state index contributed by atoms with van der Waals surface area (Å²) in [4.78, 5) is 34.9. The number of carbonyl (C=O) groups is 2. The normalized spacial score (nSPS) is 19.6. The Kier molecular flexibility index (Phi) is 7.20. The van der Waals surface area contributed by atoms with Crippen LogP contribution < -0.4 is 4.74 Å². The molecular formula is C31H35N3O3S. The van der Waals surface area contributed by atoms with E-state index in [9.17, 15) is 9.59 Å². The first-order chi connectivity index (χ1) is 18.6. The molecule has 6 nitrogen and oxygen atoms in total. The quantitative estimate of drug-likeness (QED) is 0.397. The van der Waals surface area contributed by atoms with E-state index >= 15 is 0 Å². The monoisotopic (exact) mass is 529 g/mol. The maximum atomic E-state index is 13.7. The van der Waals surface area contributed by atoms with Crippen molar-refractivity contribution in [1.82, 2.24) is 14.8 Å². The van der Waals surface area contributed by atoms with E-state index in [1.54, 1.807) is 0 Å². The first-order valence-corrected chi connectivity index (χ1v) is 14.8. The third kappa shape index (κ3) is 5.08. The van der Waals surface area contributed by atoms with Gasteiger partial charge in [-0.2, -0.15) is 0 Å². The molecule has 3 heterocycles. The average molecular weight is 530 g/mol. The fraction of sp³-hybridized carbons (Fsp3) is 0.452. The predicted octanol–water partition coefficient (Wildman–Crippen LogP) is 5.93. The molecule has 7 heteroatoms. The largest absolute Gasteiger partial charge is 0.486 e. The van der Waals surface area contributed by atoms with Crippen LogP contribution in [0.2, 0.25) is 0 Å². The number of benzene rings is 2.